The van der Waals surface area contributed by atoms with Gasteiger partial charge in [-0.1, -0.05) is 13.8 Å². The molecule has 34 heavy (non-hydrogen) atoms. The first-order chi connectivity index (χ1) is 16.2. The van der Waals surface area contributed by atoms with E-state index in [9.17, 15) is 4.79 Å². The second-order valence-electron chi connectivity index (χ2n) is 11.9. The van der Waals surface area contributed by atoms with Gasteiger partial charge in [0.25, 0.3) is 0 Å². The van der Waals surface area contributed by atoms with Crippen LogP contribution in [0, 0.1) is 34.5 Å². The van der Waals surface area contributed by atoms with Gasteiger partial charge in [-0.2, -0.15) is 0 Å². The normalized spacial score (nSPS) is 52.3. The van der Waals surface area contributed by atoms with Gasteiger partial charge in [-0.15, -0.1) is 0 Å². The van der Waals surface area contributed by atoms with E-state index in [4.69, 9.17) is 28.4 Å². The number of rotatable bonds is 0. The fourth-order valence-corrected chi connectivity index (χ4v) is 9.48. The van der Waals surface area contributed by atoms with Crippen molar-refractivity contribution in [2.45, 2.75) is 75.7 Å². The minimum atomic E-state index is -1.67. The Morgan fingerprint density at radius 3 is 2.15 bits per heavy atom. The molecule has 0 radical (unpaired) electrons. The summed E-state index contributed by atoms with van der Waals surface area (Å²) in [5.74, 6) is -5.28. The standard InChI is InChI=1S/C25H34F2O7/c1-21-3-4-23(29-5-6-30-23)13-16(21)17(28)11-14-15-12-18(26)25(33-9-10-34-25)22(15,2)20(27)24(19(14)21)31-7-8-32-24/h14-16,18-20H,3-13H2,1-2H3/t14?,15?,16-,18-,19?,20?,21?,22?/m1/s1. The largest absolute Gasteiger partial charge is 0.348 e. The van der Waals surface area contributed by atoms with Gasteiger partial charge >= 0.3 is 0 Å². The van der Waals surface area contributed by atoms with Gasteiger partial charge < -0.3 is 28.4 Å². The van der Waals surface area contributed by atoms with Crippen LogP contribution in [0.1, 0.15) is 46.0 Å². The van der Waals surface area contributed by atoms with E-state index in [0.717, 1.165) is 0 Å². The maximum absolute atomic E-state index is 17.1. The van der Waals surface area contributed by atoms with Gasteiger partial charge in [0.1, 0.15) is 5.78 Å². The van der Waals surface area contributed by atoms with Crippen LogP contribution in [0.4, 0.5) is 8.78 Å². The van der Waals surface area contributed by atoms with Crippen molar-refractivity contribution >= 4 is 5.78 Å². The monoisotopic (exact) mass is 484 g/mol. The molecule has 7 nitrogen and oxygen atoms in total. The maximum Gasteiger partial charge on any atom is 0.208 e. The van der Waals surface area contributed by atoms with Crippen LogP contribution in [0.3, 0.4) is 0 Å². The zero-order chi connectivity index (χ0) is 23.6. The third-order valence-electron chi connectivity index (χ3n) is 10.8. The minimum Gasteiger partial charge on any atom is -0.348 e. The minimum absolute atomic E-state index is 0.109. The molecule has 3 aliphatic heterocycles. The number of alkyl halides is 2. The number of carbonyl (C=O) groups is 1. The van der Waals surface area contributed by atoms with Crippen LogP contribution >= 0.6 is 0 Å². The molecule has 0 aromatic rings. The van der Waals surface area contributed by atoms with Gasteiger partial charge in [0.15, 0.2) is 18.1 Å². The summed E-state index contributed by atoms with van der Waals surface area (Å²) < 4.78 is 69.1. The topological polar surface area (TPSA) is 72.5 Å². The third kappa shape index (κ3) is 2.40. The molecule has 4 aliphatic carbocycles. The number of hydrogen-bond acceptors (Lipinski definition) is 7. The highest BCUT2D eigenvalue weighted by Crippen LogP contribution is 2.74. The fraction of sp³-hybridized carbons (Fsp3) is 0.960. The summed E-state index contributed by atoms with van der Waals surface area (Å²) >= 11 is 0. The van der Waals surface area contributed by atoms with Gasteiger partial charge in [0, 0.05) is 31.1 Å². The Bertz CT molecular complexity index is 880. The molecule has 0 amide bonds. The number of fused-ring (bicyclic) bond motifs is 7. The predicted molar refractivity (Wildman–Crippen MR) is 112 cm³/mol. The van der Waals surface area contributed by atoms with Gasteiger partial charge in [0.2, 0.25) is 11.6 Å². The molecule has 0 aromatic heterocycles. The molecule has 8 atom stereocenters. The van der Waals surface area contributed by atoms with E-state index in [-0.39, 0.29) is 62.8 Å². The molecule has 7 aliphatic rings. The van der Waals surface area contributed by atoms with Crippen molar-refractivity contribution < 1.29 is 42.0 Å². The van der Waals surface area contributed by atoms with Crippen molar-refractivity contribution in [1.29, 1.82) is 0 Å². The van der Waals surface area contributed by atoms with Gasteiger partial charge in [-0.3, -0.25) is 4.79 Å². The Morgan fingerprint density at radius 1 is 0.853 bits per heavy atom. The van der Waals surface area contributed by atoms with Crippen LogP contribution < -0.4 is 0 Å². The molecule has 0 bridgehead atoms. The molecule has 190 valence electrons. The molecule has 9 heteroatoms. The maximum atomic E-state index is 17.1. The summed E-state index contributed by atoms with van der Waals surface area (Å²) in [5.41, 5.74) is -1.90. The highest BCUT2D eigenvalue weighted by Gasteiger charge is 2.83. The molecular weight excluding hydrogens is 450 g/mol. The highest BCUT2D eigenvalue weighted by atomic mass is 19.1. The lowest BCUT2D eigenvalue weighted by Gasteiger charge is -2.66. The molecular formula is C25H34F2O7. The van der Waals surface area contributed by atoms with E-state index in [1.165, 1.54) is 0 Å². The smallest absolute Gasteiger partial charge is 0.208 e. The highest BCUT2D eigenvalue weighted by molar-refractivity contribution is 5.83. The van der Waals surface area contributed by atoms with Crippen molar-refractivity contribution in [3.05, 3.63) is 0 Å². The molecule has 7 fully saturated rings. The van der Waals surface area contributed by atoms with Gasteiger partial charge in [0.05, 0.1) is 45.1 Å². The number of ether oxygens (including phenoxy) is 6. The second kappa shape index (κ2) is 6.98. The summed E-state index contributed by atoms with van der Waals surface area (Å²) in [6, 6.07) is 0. The molecule has 0 aromatic carbocycles. The quantitative estimate of drug-likeness (QED) is 0.524. The van der Waals surface area contributed by atoms with Crippen LogP contribution in [0.5, 0.6) is 0 Å². The summed E-state index contributed by atoms with van der Waals surface area (Å²) in [4.78, 5) is 13.8. The Balaban J connectivity index is 1.36. The van der Waals surface area contributed by atoms with Crippen molar-refractivity contribution in [2.75, 3.05) is 39.6 Å². The lowest BCUT2D eigenvalue weighted by atomic mass is 9.42. The molecule has 0 N–H and O–H groups in total. The first-order valence-corrected chi connectivity index (χ1v) is 12.9. The van der Waals surface area contributed by atoms with Crippen molar-refractivity contribution in [2.24, 2.45) is 34.5 Å². The van der Waals surface area contributed by atoms with Crippen LogP contribution in [0.25, 0.3) is 0 Å². The average Bonchev–Trinajstić information content (AvgIpc) is 3.60. The Hall–Kier alpha value is -0.710. The Labute approximate surface area is 198 Å². The summed E-state index contributed by atoms with van der Waals surface area (Å²) in [5, 5.41) is 0. The molecule has 4 saturated carbocycles. The van der Waals surface area contributed by atoms with Gasteiger partial charge in [-0.05, 0) is 30.1 Å². The molecule has 7 rings (SSSR count). The lowest BCUT2D eigenvalue weighted by molar-refractivity contribution is -0.372. The predicted octanol–water partition coefficient (Wildman–Crippen LogP) is 2.94. The van der Waals surface area contributed by atoms with E-state index >= 15 is 8.78 Å². The zero-order valence-corrected chi connectivity index (χ0v) is 19.9. The van der Waals surface area contributed by atoms with E-state index in [0.29, 0.717) is 32.5 Å². The third-order valence-corrected chi connectivity index (χ3v) is 10.8. The molecule has 3 heterocycles. The van der Waals surface area contributed by atoms with E-state index in [2.05, 4.69) is 6.92 Å². The number of halogens is 2. The van der Waals surface area contributed by atoms with E-state index < -0.39 is 46.5 Å². The van der Waals surface area contributed by atoms with Crippen LogP contribution in [-0.2, 0) is 33.2 Å². The summed E-state index contributed by atoms with van der Waals surface area (Å²) in [6.07, 6.45) is -1.06. The first-order valence-electron chi connectivity index (χ1n) is 12.9. The number of carbonyl (C=O) groups excluding carboxylic acids is 1. The average molecular weight is 485 g/mol. The zero-order valence-electron chi connectivity index (χ0n) is 19.9. The number of Topliss-reactive ketones (excluding diaryl/α,β-unsaturated/α-hetero) is 1. The second-order valence-corrected chi connectivity index (χ2v) is 11.9. The van der Waals surface area contributed by atoms with Crippen LogP contribution in [0.15, 0.2) is 0 Å². The van der Waals surface area contributed by atoms with Crippen LogP contribution in [0.2, 0.25) is 0 Å². The van der Waals surface area contributed by atoms with Crippen molar-refractivity contribution in [3.63, 3.8) is 0 Å². The Morgan fingerprint density at radius 2 is 1.47 bits per heavy atom. The van der Waals surface area contributed by atoms with Crippen LogP contribution in [-0.4, -0.2) is 75.1 Å². The summed E-state index contributed by atoms with van der Waals surface area (Å²) in [7, 11) is 0. The molecule has 3 spiro atoms. The summed E-state index contributed by atoms with van der Waals surface area (Å²) in [6.45, 7) is 5.82. The van der Waals surface area contributed by atoms with E-state index in [1.54, 1.807) is 6.92 Å². The number of ketones is 1. The first kappa shape index (κ1) is 22.5. The number of hydrogen-bond donors (Lipinski definition) is 0. The Kier molecular flexibility index (Phi) is 4.62. The van der Waals surface area contributed by atoms with E-state index in [1.807, 2.05) is 0 Å². The lowest BCUT2D eigenvalue weighted by Crippen LogP contribution is -2.74. The SMILES string of the molecule is CC12CCC3(C[C@@H]1C(=O)CC1C2C2(OCCO2)C(F)C2(C)C1C[C@@H](F)C21OCCO1)OCCO3. The molecule has 3 saturated heterocycles. The van der Waals surface area contributed by atoms with Crippen molar-refractivity contribution in [1.82, 2.24) is 0 Å². The van der Waals surface area contributed by atoms with Crippen molar-refractivity contribution in [3.8, 4) is 0 Å². The molecule has 6 unspecified atom stereocenters. The van der Waals surface area contributed by atoms with Gasteiger partial charge in [-0.25, -0.2) is 8.78 Å². The fourth-order valence-electron chi connectivity index (χ4n) is 9.48.